The number of anilines is 1. The zero-order valence-corrected chi connectivity index (χ0v) is 16.8. The molecule has 1 aliphatic heterocycles. The molecule has 28 heavy (non-hydrogen) atoms. The van der Waals surface area contributed by atoms with Gasteiger partial charge in [-0.2, -0.15) is 0 Å². The van der Waals surface area contributed by atoms with Crippen LogP contribution in [0.2, 0.25) is 5.02 Å². The molecule has 1 aliphatic rings. The average molecular weight is 399 g/mol. The summed E-state index contributed by atoms with van der Waals surface area (Å²) in [6.07, 6.45) is 1.23. The Morgan fingerprint density at radius 1 is 1.18 bits per heavy atom. The van der Waals surface area contributed by atoms with Crippen LogP contribution >= 0.6 is 11.6 Å². The summed E-state index contributed by atoms with van der Waals surface area (Å²) in [7, 11) is 0. The van der Waals surface area contributed by atoms with Crippen LogP contribution in [0.5, 0.6) is 0 Å². The molecule has 1 fully saturated rings. The lowest BCUT2D eigenvalue weighted by molar-refractivity contribution is -0.125. The van der Waals surface area contributed by atoms with Gasteiger partial charge in [-0.25, -0.2) is 4.98 Å². The molecule has 0 spiro atoms. The van der Waals surface area contributed by atoms with E-state index in [1.807, 2.05) is 56.3 Å². The molecule has 6 heteroatoms. The van der Waals surface area contributed by atoms with Crippen LogP contribution in [-0.2, 0) is 14.9 Å². The second-order valence-electron chi connectivity index (χ2n) is 7.55. The van der Waals surface area contributed by atoms with Gasteiger partial charge in [-0.05, 0) is 48.7 Å². The molecule has 3 aromatic rings. The lowest BCUT2D eigenvalue weighted by Crippen LogP contribution is -2.44. The molecule has 146 valence electrons. The predicted molar refractivity (Wildman–Crippen MR) is 110 cm³/mol. The Morgan fingerprint density at radius 2 is 1.96 bits per heavy atom. The van der Waals surface area contributed by atoms with Gasteiger partial charge in [-0.1, -0.05) is 37.6 Å². The lowest BCUT2D eigenvalue weighted by atomic mass is 9.73. The van der Waals surface area contributed by atoms with E-state index in [9.17, 15) is 4.79 Å². The summed E-state index contributed by atoms with van der Waals surface area (Å²) in [5.41, 5.74) is 2.42. The summed E-state index contributed by atoms with van der Waals surface area (Å²) >= 11 is 6.20. The Hall–Kier alpha value is -2.37. The molecule has 0 saturated carbocycles. The molecule has 1 saturated heterocycles. The largest absolute Gasteiger partial charge is 0.440 e. The second kappa shape index (κ2) is 7.57. The van der Waals surface area contributed by atoms with Crippen molar-refractivity contribution in [3.8, 4) is 0 Å². The highest BCUT2D eigenvalue weighted by molar-refractivity contribution is 6.30. The van der Waals surface area contributed by atoms with E-state index in [4.69, 9.17) is 20.8 Å². The third-order valence-corrected chi connectivity index (χ3v) is 5.55. The van der Waals surface area contributed by atoms with E-state index in [1.54, 1.807) is 0 Å². The minimum Gasteiger partial charge on any atom is -0.440 e. The average Bonchev–Trinajstić information content (AvgIpc) is 3.12. The first-order chi connectivity index (χ1) is 13.5. The van der Waals surface area contributed by atoms with Crippen molar-refractivity contribution in [2.75, 3.05) is 18.5 Å². The standard InChI is InChI=1S/C22H23ClN2O3/c1-14(2)20-25-18-13-17(6-7-19(18)28-20)24-21(26)22(8-10-27-11-9-22)15-4-3-5-16(23)12-15/h3-7,12-14H,8-11H2,1-2H3,(H,24,26). The van der Waals surface area contributed by atoms with Crippen LogP contribution in [0.4, 0.5) is 5.69 Å². The molecule has 1 aromatic heterocycles. The SMILES string of the molecule is CC(C)c1nc2cc(NC(=O)C3(c4cccc(Cl)c4)CCOCC3)ccc2o1. The number of ether oxygens (including phenoxy) is 1. The Bertz CT molecular complexity index is 1010. The number of fused-ring (bicyclic) bond motifs is 1. The summed E-state index contributed by atoms with van der Waals surface area (Å²) < 4.78 is 11.3. The zero-order valence-electron chi connectivity index (χ0n) is 16.0. The van der Waals surface area contributed by atoms with Gasteiger partial charge < -0.3 is 14.5 Å². The molecule has 1 amide bonds. The minimum atomic E-state index is -0.662. The fourth-order valence-electron chi connectivity index (χ4n) is 3.67. The maximum atomic E-state index is 13.4. The highest BCUT2D eigenvalue weighted by atomic mass is 35.5. The van der Waals surface area contributed by atoms with Crippen molar-refractivity contribution in [3.05, 3.63) is 58.9 Å². The van der Waals surface area contributed by atoms with Gasteiger partial charge in [0.15, 0.2) is 11.5 Å². The minimum absolute atomic E-state index is 0.0509. The number of nitrogens with one attached hydrogen (secondary N) is 1. The molecule has 0 atom stereocenters. The Morgan fingerprint density at radius 3 is 2.68 bits per heavy atom. The van der Waals surface area contributed by atoms with E-state index in [0.29, 0.717) is 42.7 Å². The first-order valence-electron chi connectivity index (χ1n) is 9.54. The van der Waals surface area contributed by atoms with Crippen LogP contribution < -0.4 is 5.32 Å². The molecule has 5 nitrogen and oxygen atoms in total. The maximum absolute atomic E-state index is 13.4. The maximum Gasteiger partial charge on any atom is 0.235 e. The van der Waals surface area contributed by atoms with Gasteiger partial charge in [-0.3, -0.25) is 4.79 Å². The highest BCUT2D eigenvalue weighted by Crippen LogP contribution is 2.37. The number of carbonyl (C=O) groups is 1. The highest BCUT2D eigenvalue weighted by Gasteiger charge is 2.41. The summed E-state index contributed by atoms with van der Waals surface area (Å²) in [5.74, 6) is 0.849. The number of benzene rings is 2. The van der Waals surface area contributed by atoms with Crippen LogP contribution in [-0.4, -0.2) is 24.1 Å². The van der Waals surface area contributed by atoms with E-state index in [0.717, 1.165) is 16.7 Å². The van der Waals surface area contributed by atoms with Crippen LogP contribution in [0.1, 0.15) is 44.1 Å². The van der Waals surface area contributed by atoms with Crippen molar-refractivity contribution in [2.24, 2.45) is 0 Å². The Kier molecular flexibility index (Phi) is 5.13. The van der Waals surface area contributed by atoms with E-state index >= 15 is 0 Å². The van der Waals surface area contributed by atoms with Gasteiger partial charge in [0.1, 0.15) is 5.52 Å². The molecule has 0 radical (unpaired) electrons. The number of carbonyl (C=O) groups excluding carboxylic acids is 1. The topological polar surface area (TPSA) is 64.4 Å². The summed E-state index contributed by atoms with van der Waals surface area (Å²) in [6, 6.07) is 13.1. The number of aromatic nitrogens is 1. The summed E-state index contributed by atoms with van der Waals surface area (Å²) in [6.45, 7) is 5.15. The fraction of sp³-hybridized carbons (Fsp3) is 0.364. The molecule has 2 heterocycles. The monoisotopic (exact) mass is 398 g/mol. The van der Waals surface area contributed by atoms with E-state index in [1.165, 1.54) is 0 Å². The molecule has 4 rings (SSSR count). The number of halogens is 1. The van der Waals surface area contributed by atoms with Crippen LogP contribution in [0.25, 0.3) is 11.1 Å². The van der Waals surface area contributed by atoms with Gasteiger partial charge in [0.25, 0.3) is 0 Å². The Labute approximate surface area is 169 Å². The molecular formula is C22H23ClN2O3. The van der Waals surface area contributed by atoms with E-state index in [2.05, 4.69) is 10.3 Å². The van der Waals surface area contributed by atoms with Gasteiger partial charge in [-0.15, -0.1) is 0 Å². The third kappa shape index (κ3) is 3.52. The fourth-order valence-corrected chi connectivity index (χ4v) is 3.86. The third-order valence-electron chi connectivity index (χ3n) is 5.31. The molecular weight excluding hydrogens is 376 g/mol. The first-order valence-corrected chi connectivity index (χ1v) is 9.91. The number of nitrogens with zero attached hydrogens (tertiary/aromatic N) is 1. The quantitative estimate of drug-likeness (QED) is 0.648. The Balaban J connectivity index is 1.65. The molecule has 0 aliphatic carbocycles. The van der Waals surface area contributed by atoms with Gasteiger partial charge in [0.05, 0.1) is 5.41 Å². The van der Waals surface area contributed by atoms with E-state index < -0.39 is 5.41 Å². The van der Waals surface area contributed by atoms with Crippen molar-refractivity contribution >= 4 is 34.3 Å². The first kappa shape index (κ1) is 19.0. The van der Waals surface area contributed by atoms with Crippen molar-refractivity contribution in [3.63, 3.8) is 0 Å². The van der Waals surface area contributed by atoms with Gasteiger partial charge >= 0.3 is 0 Å². The van der Waals surface area contributed by atoms with Crippen molar-refractivity contribution in [1.82, 2.24) is 4.98 Å². The molecule has 2 aromatic carbocycles. The van der Waals surface area contributed by atoms with Crippen molar-refractivity contribution in [1.29, 1.82) is 0 Å². The second-order valence-corrected chi connectivity index (χ2v) is 7.98. The lowest BCUT2D eigenvalue weighted by Gasteiger charge is -2.36. The summed E-state index contributed by atoms with van der Waals surface area (Å²) in [4.78, 5) is 17.9. The van der Waals surface area contributed by atoms with Gasteiger partial charge in [0, 0.05) is 29.8 Å². The normalized spacial score (nSPS) is 16.4. The smallest absolute Gasteiger partial charge is 0.235 e. The number of oxazole rings is 1. The zero-order chi connectivity index (χ0) is 19.7. The number of rotatable bonds is 4. The summed E-state index contributed by atoms with van der Waals surface area (Å²) in [5, 5.41) is 3.71. The van der Waals surface area contributed by atoms with Gasteiger partial charge in [0.2, 0.25) is 5.91 Å². The predicted octanol–water partition coefficient (Wildman–Crippen LogP) is 5.29. The number of amides is 1. The number of hydrogen-bond acceptors (Lipinski definition) is 4. The van der Waals surface area contributed by atoms with Crippen LogP contribution in [0, 0.1) is 0 Å². The van der Waals surface area contributed by atoms with E-state index in [-0.39, 0.29) is 11.8 Å². The number of hydrogen-bond donors (Lipinski definition) is 1. The van der Waals surface area contributed by atoms with Crippen LogP contribution in [0.15, 0.2) is 46.9 Å². The van der Waals surface area contributed by atoms with Crippen molar-refractivity contribution < 1.29 is 13.9 Å². The molecule has 0 bridgehead atoms. The van der Waals surface area contributed by atoms with Crippen molar-refractivity contribution in [2.45, 2.75) is 38.0 Å². The van der Waals surface area contributed by atoms with Crippen LogP contribution in [0.3, 0.4) is 0 Å². The molecule has 1 N–H and O–H groups in total. The molecule has 0 unspecified atom stereocenters.